The Bertz CT molecular complexity index is 3530. The van der Waals surface area contributed by atoms with Crippen LogP contribution in [0.3, 0.4) is 0 Å². The van der Waals surface area contributed by atoms with E-state index in [1.807, 2.05) is 72.8 Å². The molecule has 426 valence electrons. The third-order valence-electron chi connectivity index (χ3n) is 11.5. The number of pyridine rings is 12. The first-order valence-corrected chi connectivity index (χ1v) is 25.1. The summed E-state index contributed by atoms with van der Waals surface area (Å²) >= 11 is 0. The molecule has 12 heterocycles. The van der Waals surface area contributed by atoms with Gasteiger partial charge in [-0.25, -0.2) is 39.5 Å². The standard InChI is InChI=1S/2C17H11N3O4.3C10H8N2.2Ru/c2*21-16(22)14-8-2-6-12(19-14)10-4-1-5-11(18-10)13-7-3-9-15(20-13)17(23)24;3*1-5-11-6-2-9(1)10-3-7-12-8-4-10;;/h2*1-9H,(H,21,22)(H,23,24);3*1-8H;;/p-2. The van der Waals surface area contributed by atoms with E-state index in [9.17, 15) is 29.4 Å². The monoisotopic (exact) mass is 1310 g/mol. The summed E-state index contributed by atoms with van der Waals surface area (Å²) < 4.78 is 0. The van der Waals surface area contributed by atoms with E-state index in [4.69, 9.17) is 10.2 Å². The van der Waals surface area contributed by atoms with E-state index in [1.165, 1.54) is 57.6 Å². The van der Waals surface area contributed by atoms with Crippen LogP contribution in [0.5, 0.6) is 0 Å². The topological polar surface area (TPSA) is 310 Å². The molecule has 0 atom stereocenters. The van der Waals surface area contributed by atoms with Crippen LogP contribution in [0.1, 0.15) is 42.0 Å². The predicted molar refractivity (Wildman–Crippen MR) is 306 cm³/mol. The minimum atomic E-state index is -1.37. The van der Waals surface area contributed by atoms with Crippen molar-refractivity contribution in [1.29, 1.82) is 0 Å². The number of rotatable bonds is 11. The van der Waals surface area contributed by atoms with Gasteiger partial charge in [-0.2, -0.15) is 0 Å². The fraction of sp³-hybridized carbons (Fsp3) is 0. The number of carbonyl (C=O) groups excluding carboxylic acids is 2. The van der Waals surface area contributed by atoms with E-state index in [0.29, 0.717) is 45.6 Å². The molecule has 2 N–H and O–H groups in total. The smallest absolute Gasteiger partial charge is 0.354 e. The van der Waals surface area contributed by atoms with Crippen molar-refractivity contribution in [2.45, 2.75) is 0 Å². The molecule has 20 nitrogen and oxygen atoms in total. The van der Waals surface area contributed by atoms with Crippen LogP contribution in [0.25, 0.3) is 78.9 Å². The number of nitrogens with zero attached hydrogens (tertiary/aromatic N) is 12. The zero-order valence-electron chi connectivity index (χ0n) is 44.7. The number of carboxylic acid groups (broad SMARTS) is 4. The molecule has 12 aromatic rings. The van der Waals surface area contributed by atoms with Crippen LogP contribution in [-0.4, -0.2) is 93.9 Å². The molecule has 22 heteroatoms. The van der Waals surface area contributed by atoms with E-state index in [2.05, 4.69) is 59.8 Å². The molecule has 0 aliphatic carbocycles. The summed E-state index contributed by atoms with van der Waals surface area (Å²) in [5.41, 5.74) is 9.81. The Morgan fingerprint density at radius 2 is 0.407 bits per heavy atom. The fourth-order valence-electron chi connectivity index (χ4n) is 7.48. The maximum atomic E-state index is 11.0. The van der Waals surface area contributed by atoms with Crippen LogP contribution in [0.15, 0.2) is 256 Å². The molecular formula is C64H44N12O8Ru2-2. The third kappa shape index (κ3) is 19.0. The zero-order valence-corrected chi connectivity index (χ0v) is 48.1. The molecule has 0 bridgehead atoms. The van der Waals surface area contributed by atoms with Gasteiger partial charge in [0.2, 0.25) is 0 Å². The normalized spacial score (nSPS) is 9.81. The molecule has 12 aromatic heterocycles. The van der Waals surface area contributed by atoms with Gasteiger partial charge in [-0.3, -0.25) is 29.9 Å². The van der Waals surface area contributed by atoms with Gasteiger partial charge in [0.15, 0.2) is 0 Å². The number of carboxylic acids is 4. The van der Waals surface area contributed by atoms with Crippen LogP contribution < -0.4 is 10.2 Å². The molecule has 0 aliphatic heterocycles. The minimum absolute atomic E-state index is 0. The van der Waals surface area contributed by atoms with Crippen molar-refractivity contribution in [3.8, 4) is 78.9 Å². The number of aromatic carboxylic acids is 4. The summed E-state index contributed by atoms with van der Waals surface area (Å²) in [6.07, 6.45) is 21.4. The molecule has 12 rings (SSSR count). The van der Waals surface area contributed by atoms with Gasteiger partial charge in [0.05, 0.1) is 68.9 Å². The van der Waals surface area contributed by atoms with E-state index >= 15 is 0 Å². The molecule has 0 aliphatic rings. The molecule has 0 unspecified atom stereocenters. The minimum Gasteiger partial charge on any atom is -0.543 e. The summed E-state index contributed by atoms with van der Waals surface area (Å²) in [4.78, 5) is 92.4. The molecule has 86 heavy (non-hydrogen) atoms. The van der Waals surface area contributed by atoms with Gasteiger partial charge in [0.1, 0.15) is 11.4 Å². The number of hydrogen-bond donors (Lipinski definition) is 2. The van der Waals surface area contributed by atoms with Crippen LogP contribution in [0.2, 0.25) is 0 Å². The number of carbonyl (C=O) groups is 4. The van der Waals surface area contributed by atoms with E-state index in [-0.39, 0.29) is 61.7 Å². The summed E-state index contributed by atoms with van der Waals surface area (Å²) in [5, 5.41) is 39.9. The Morgan fingerprint density at radius 3 is 0.593 bits per heavy atom. The van der Waals surface area contributed by atoms with Crippen molar-refractivity contribution in [2.24, 2.45) is 0 Å². The Hall–Kier alpha value is -11.1. The van der Waals surface area contributed by atoms with Crippen LogP contribution in [0.4, 0.5) is 0 Å². The predicted octanol–water partition coefficient (Wildman–Crippen LogP) is 8.96. The van der Waals surface area contributed by atoms with E-state index < -0.39 is 23.9 Å². The second-order valence-electron chi connectivity index (χ2n) is 17.0. The van der Waals surface area contributed by atoms with Crippen molar-refractivity contribution in [2.75, 3.05) is 0 Å². The molecule has 0 saturated carbocycles. The molecule has 0 aromatic carbocycles. The quantitative estimate of drug-likeness (QED) is 0.114. The third-order valence-corrected chi connectivity index (χ3v) is 11.5. The first kappa shape index (κ1) is 64.1. The van der Waals surface area contributed by atoms with Crippen molar-refractivity contribution in [1.82, 2.24) is 59.8 Å². The van der Waals surface area contributed by atoms with Gasteiger partial charge in [0.25, 0.3) is 0 Å². The van der Waals surface area contributed by atoms with E-state index in [0.717, 1.165) is 0 Å². The second kappa shape index (κ2) is 33.1. The number of hydrogen-bond acceptors (Lipinski definition) is 18. The van der Waals surface area contributed by atoms with Crippen LogP contribution >= 0.6 is 0 Å². The average Bonchev–Trinajstić information content (AvgIpc) is 3.65. The van der Waals surface area contributed by atoms with Crippen molar-refractivity contribution in [3.05, 3.63) is 279 Å². The summed E-state index contributed by atoms with van der Waals surface area (Å²) in [7, 11) is 0. The Labute approximate surface area is 517 Å². The Balaban J connectivity index is 0.000000178. The van der Waals surface area contributed by atoms with Crippen LogP contribution in [-0.2, 0) is 39.0 Å². The SMILES string of the molecule is O=C([O-])c1cccc(-c2cccc(-c3cccc(C(=O)O)n3)n2)n1.O=C([O-])c1cccc(-c2cccc(-c3cccc(C(=O)O)n3)n2)n1.[Ru].[Ru].c1cc(-c2ccncc2)ccn1.c1cc(-c2ccncc2)ccn1.c1cc(-c2ccncc2)ccn1. The second-order valence-corrected chi connectivity index (χ2v) is 17.0. The fourth-order valence-corrected chi connectivity index (χ4v) is 7.48. The maximum Gasteiger partial charge on any atom is 0.354 e. The van der Waals surface area contributed by atoms with Crippen molar-refractivity contribution < 1.29 is 78.6 Å². The molecule has 0 fully saturated rings. The van der Waals surface area contributed by atoms with Gasteiger partial charge in [-0.1, -0.05) is 36.4 Å². The largest absolute Gasteiger partial charge is 0.543 e. The van der Waals surface area contributed by atoms with Crippen molar-refractivity contribution >= 4 is 23.9 Å². The van der Waals surface area contributed by atoms with Gasteiger partial charge >= 0.3 is 11.9 Å². The molecule has 0 amide bonds. The first-order chi connectivity index (χ1) is 41.0. The van der Waals surface area contributed by atoms with Gasteiger partial charge in [-0.15, -0.1) is 0 Å². The van der Waals surface area contributed by atoms with Gasteiger partial charge < -0.3 is 30.0 Å². The zero-order chi connectivity index (χ0) is 58.9. The Morgan fingerprint density at radius 1 is 0.244 bits per heavy atom. The summed E-state index contributed by atoms with van der Waals surface area (Å²) in [6.45, 7) is 0. The average molecular weight is 1310 g/mol. The van der Waals surface area contributed by atoms with Crippen molar-refractivity contribution in [3.63, 3.8) is 0 Å². The number of aromatic nitrogens is 12. The first-order valence-electron chi connectivity index (χ1n) is 25.1. The molecular weight excluding hydrogens is 1270 g/mol. The molecule has 0 spiro atoms. The molecule has 0 saturated heterocycles. The maximum absolute atomic E-state index is 11.0. The van der Waals surface area contributed by atoms with Crippen LogP contribution in [0, 0.1) is 0 Å². The molecule has 0 radical (unpaired) electrons. The van der Waals surface area contributed by atoms with Gasteiger partial charge in [-0.05, 0) is 179 Å². The van der Waals surface area contributed by atoms with E-state index in [1.54, 1.807) is 159 Å². The summed E-state index contributed by atoms with van der Waals surface area (Å²) in [6, 6.07) is 52.1. The van der Waals surface area contributed by atoms with Gasteiger partial charge in [0, 0.05) is 113 Å². The summed E-state index contributed by atoms with van der Waals surface area (Å²) in [5.74, 6) is -5.00. The Kier molecular flexibility index (Phi) is 24.7.